The van der Waals surface area contributed by atoms with Crippen molar-refractivity contribution in [2.24, 2.45) is 17.8 Å². The Hall–Kier alpha value is -4.85. The van der Waals surface area contributed by atoms with Crippen molar-refractivity contribution in [3.05, 3.63) is 141 Å². The summed E-state index contributed by atoms with van der Waals surface area (Å²) < 4.78 is 13.8. The van der Waals surface area contributed by atoms with Gasteiger partial charge in [-0.3, -0.25) is 19.7 Å². The number of carbonyl (C=O) groups is 2. The fourth-order valence-corrected chi connectivity index (χ4v) is 14.0. The SMILES string of the molecule is C/C(=C\c1ccc(O)cc1Cl)CC[C@H]1OB(O)C[C@H]2C1=C(CO[Si](c1ccccc1)(c1ccccc1)C(C)(C)C)C[C@H]1C(=O)N(c3cccc([N+](=O)[O-])c3)C(=O)[C@H]12. The van der Waals surface area contributed by atoms with Gasteiger partial charge in [-0.15, -0.1) is 0 Å². The maximum absolute atomic E-state index is 14.5. The van der Waals surface area contributed by atoms with Crippen molar-refractivity contribution in [3.63, 3.8) is 0 Å². The molecule has 4 aromatic carbocycles. The molecule has 2 fully saturated rings. The van der Waals surface area contributed by atoms with Crippen LogP contribution < -0.4 is 15.3 Å². The van der Waals surface area contributed by atoms with Gasteiger partial charge in [-0.25, -0.2) is 4.90 Å². The number of non-ortho nitro benzene ring substituents is 1. The number of anilines is 1. The van der Waals surface area contributed by atoms with Crippen LogP contribution in [-0.4, -0.2) is 55.0 Å². The van der Waals surface area contributed by atoms with E-state index in [1.54, 1.807) is 18.2 Å². The number of allylic oxidation sites excluding steroid dienone is 1. The molecule has 2 N–H and O–H groups in total. The fraction of sp³-hybridized carbons (Fsp3) is 0.318. The van der Waals surface area contributed by atoms with Crippen LogP contribution in [-0.2, 0) is 18.7 Å². The molecule has 2 aliphatic heterocycles. The molecule has 57 heavy (non-hydrogen) atoms. The second kappa shape index (κ2) is 16.2. The number of benzene rings is 4. The largest absolute Gasteiger partial charge is 0.508 e. The van der Waals surface area contributed by atoms with Crippen molar-refractivity contribution in [3.8, 4) is 5.75 Å². The number of imide groups is 1. The average Bonchev–Trinajstić information content (AvgIpc) is 3.43. The van der Waals surface area contributed by atoms with Gasteiger partial charge in [-0.2, -0.15) is 0 Å². The third kappa shape index (κ3) is 7.77. The third-order valence-electron chi connectivity index (χ3n) is 11.7. The van der Waals surface area contributed by atoms with Crippen LogP contribution in [0.5, 0.6) is 5.75 Å². The molecule has 10 nitrogen and oxygen atoms in total. The first-order valence-corrected chi connectivity index (χ1v) is 21.6. The number of rotatable bonds is 11. The third-order valence-corrected chi connectivity index (χ3v) is 17.0. The normalized spacial score (nSPS) is 21.5. The molecule has 0 saturated carbocycles. The number of halogens is 1. The number of hydrogen-bond donors (Lipinski definition) is 2. The van der Waals surface area contributed by atoms with Crippen LogP contribution in [0.15, 0.2) is 120 Å². The number of amides is 2. The summed E-state index contributed by atoms with van der Waals surface area (Å²) in [6.07, 6.45) is 2.73. The van der Waals surface area contributed by atoms with Crippen LogP contribution in [0.3, 0.4) is 0 Å². The van der Waals surface area contributed by atoms with E-state index in [0.717, 1.165) is 37.6 Å². The summed E-state index contributed by atoms with van der Waals surface area (Å²) in [4.78, 5) is 41.1. The van der Waals surface area contributed by atoms with E-state index >= 15 is 0 Å². The van der Waals surface area contributed by atoms with E-state index in [9.17, 15) is 29.8 Å². The predicted octanol–water partition coefficient (Wildman–Crippen LogP) is 7.72. The molecule has 4 atom stereocenters. The van der Waals surface area contributed by atoms with E-state index in [-0.39, 0.29) is 41.5 Å². The molecule has 2 heterocycles. The molecule has 0 spiro atoms. The topological polar surface area (TPSA) is 139 Å². The molecule has 294 valence electrons. The van der Waals surface area contributed by atoms with Crippen LogP contribution >= 0.6 is 11.6 Å². The Morgan fingerprint density at radius 1 is 0.982 bits per heavy atom. The number of fused-ring (bicyclic) bond motifs is 3. The van der Waals surface area contributed by atoms with Crippen LogP contribution in [0, 0.1) is 27.9 Å². The molecule has 0 bridgehead atoms. The number of nitro benzene ring substituents is 1. The quantitative estimate of drug-likeness (QED) is 0.0517. The van der Waals surface area contributed by atoms with E-state index in [1.807, 2.05) is 49.4 Å². The minimum atomic E-state index is -3.05. The van der Waals surface area contributed by atoms with Gasteiger partial charge in [0.2, 0.25) is 11.8 Å². The molecule has 1 aliphatic carbocycles. The van der Waals surface area contributed by atoms with Gasteiger partial charge in [0.25, 0.3) is 14.0 Å². The van der Waals surface area contributed by atoms with Crippen molar-refractivity contribution in [1.29, 1.82) is 0 Å². The number of aromatic hydroxyl groups is 1. The van der Waals surface area contributed by atoms with E-state index in [2.05, 4.69) is 45.0 Å². The van der Waals surface area contributed by atoms with Crippen molar-refractivity contribution in [1.82, 2.24) is 0 Å². The molecule has 0 unspecified atom stereocenters. The lowest BCUT2D eigenvalue weighted by Gasteiger charge is -2.46. The number of nitrogens with zero attached hydrogens (tertiary/aromatic N) is 2. The van der Waals surface area contributed by atoms with Gasteiger partial charge in [-0.1, -0.05) is 111 Å². The molecule has 2 saturated heterocycles. The summed E-state index contributed by atoms with van der Waals surface area (Å²) in [7, 11) is -4.24. The molecule has 3 aliphatic rings. The second-order valence-electron chi connectivity index (χ2n) is 16.3. The van der Waals surface area contributed by atoms with Crippen LogP contribution in [0.4, 0.5) is 11.4 Å². The lowest BCUT2D eigenvalue weighted by Crippen LogP contribution is -2.66. The minimum absolute atomic E-state index is 0.0739. The number of phenolic OH excluding ortho intramolecular Hbond substituents is 1. The van der Waals surface area contributed by atoms with Crippen LogP contribution in [0.1, 0.15) is 52.5 Å². The Morgan fingerprint density at radius 3 is 2.26 bits per heavy atom. The highest BCUT2D eigenvalue weighted by atomic mass is 35.5. The summed E-state index contributed by atoms with van der Waals surface area (Å²) >= 11 is 6.42. The number of nitro groups is 1. The molecular weight excluding hydrogens is 759 g/mol. The summed E-state index contributed by atoms with van der Waals surface area (Å²) in [5.74, 6) is -2.87. The van der Waals surface area contributed by atoms with Gasteiger partial charge in [0, 0.05) is 12.1 Å². The minimum Gasteiger partial charge on any atom is -0.508 e. The summed E-state index contributed by atoms with van der Waals surface area (Å²) in [5.41, 5.74) is 3.42. The van der Waals surface area contributed by atoms with E-state index in [4.69, 9.17) is 20.7 Å². The van der Waals surface area contributed by atoms with Crippen LogP contribution in [0.25, 0.3) is 6.08 Å². The predicted molar refractivity (Wildman–Crippen MR) is 225 cm³/mol. The molecule has 7 rings (SSSR count). The molecular formula is C44H46BClN2O8Si. The zero-order valence-corrected chi connectivity index (χ0v) is 34.2. The molecule has 0 aromatic heterocycles. The Kier molecular flexibility index (Phi) is 11.5. The first-order chi connectivity index (χ1) is 27.2. The van der Waals surface area contributed by atoms with Gasteiger partial charge in [0.05, 0.1) is 40.2 Å². The fourth-order valence-electron chi connectivity index (χ4n) is 9.18. The summed E-state index contributed by atoms with van der Waals surface area (Å²) in [6.45, 7) is 8.75. The van der Waals surface area contributed by atoms with Gasteiger partial charge >= 0.3 is 7.12 Å². The zero-order valence-electron chi connectivity index (χ0n) is 32.4. The Balaban J connectivity index is 1.31. The standard InChI is InChI=1S/C44H46BClN2O8Si/c1-28(22-29-19-20-33(49)25-38(29)46)18-21-39-40-30(27-55-57(44(2,3)4,34-14-7-5-8-15-34)35-16-9-6-10-17-35)23-36-41(37(40)26-45(52)56-39)43(51)47(42(36)50)31-12-11-13-32(24-31)48(53)54/h5-17,19-20,22,24-25,36-37,39,41,49,52H,18,21,23,26-27H2,1-4H3/b28-22+/t36-,37+,39-,41-/m1/s1. The first kappa shape index (κ1) is 40.4. The van der Waals surface area contributed by atoms with Gasteiger partial charge in [0.1, 0.15) is 5.75 Å². The summed E-state index contributed by atoms with van der Waals surface area (Å²) in [5, 5.41) is 35.1. The maximum Gasteiger partial charge on any atom is 0.455 e. The number of hydrogen-bond acceptors (Lipinski definition) is 8. The van der Waals surface area contributed by atoms with Crippen molar-refractivity contribution in [2.45, 2.75) is 64.4 Å². The molecule has 2 amide bonds. The van der Waals surface area contributed by atoms with Crippen molar-refractivity contribution >= 4 is 66.7 Å². The van der Waals surface area contributed by atoms with Gasteiger partial charge < -0.3 is 19.2 Å². The van der Waals surface area contributed by atoms with Gasteiger partial charge in [0.15, 0.2) is 0 Å². The lowest BCUT2D eigenvalue weighted by molar-refractivity contribution is -0.384. The molecule has 4 aromatic rings. The maximum atomic E-state index is 14.5. The average molecular weight is 805 g/mol. The first-order valence-electron chi connectivity index (χ1n) is 19.3. The Bertz CT molecular complexity index is 2210. The zero-order chi connectivity index (χ0) is 40.6. The van der Waals surface area contributed by atoms with Crippen molar-refractivity contribution in [2.75, 3.05) is 11.5 Å². The van der Waals surface area contributed by atoms with Gasteiger partial charge in [-0.05, 0) is 94.8 Å². The Labute approximate surface area is 339 Å². The smallest absolute Gasteiger partial charge is 0.455 e. The Morgan fingerprint density at radius 2 is 1.65 bits per heavy atom. The molecule has 13 heteroatoms. The van der Waals surface area contributed by atoms with Crippen LogP contribution in [0.2, 0.25) is 16.4 Å². The van der Waals surface area contributed by atoms with E-state index < -0.39 is 56.0 Å². The van der Waals surface area contributed by atoms with Crippen molar-refractivity contribution < 1.29 is 33.7 Å². The molecule has 0 radical (unpaired) electrons. The lowest BCUT2D eigenvalue weighted by atomic mass is 9.58. The highest BCUT2D eigenvalue weighted by Crippen LogP contribution is 2.52. The van der Waals surface area contributed by atoms with E-state index in [0.29, 0.717) is 17.9 Å². The van der Waals surface area contributed by atoms with E-state index in [1.165, 1.54) is 24.3 Å². The number of carbonyl (C=O) groups excluding carboxylic acids is 2. The number of phenols is 1. The monoisotopic (exact) mass is 804 g/mol. The summed E-state index contributed by atoms with van der Waals surface area (Å²) in [6, 6.07) is 31.0. The second-order valence-corrected chi connectivity index (χ2v) is 21.0. The highest BCUT2D eigenvalue weighted by Gasteiger charge is 2.58. The highest BCUT2D eigenvalue weighted by molar-refractivity contribution is 6.99.